The first-order valence-electron chi connectivity index (χ1n) is 6.21. The summed E-state index contributed by atoms with van der Waals surface area (Å²) in [6.07, 6.45) is 5.94. The third kappa shape index (κ3) is 3.35. The summed E-state index contributed by atoms with van der Waals surface area (Å²) in [6.45, 7) is 5.33. The Balaban J connectivity index is 2.16. The standard InChI is InChI=1S/C13H18ClN3O/c1-9(2)5-6-15-12-11(14)7-16-17(13(12)18)8-10-3-4-10/h5,7,10,15H,3-4,6,8H2,1-2H3. The van der Waals surface area contributed by atoms with E-state index in [2.05, 4.69) is 10.4 Å². The van der Waals surface area contributed by atoms with Crippen LogP contribution in [0.1, 0.15) is 26.7 Å². The summed E-state index contributed by atoms with van der Waals surface area (Å²) in [7, 11) is 0. The molecule has 1 aliphatic rings. The monoisotopic (exact) mass is 267 g/mol. The van der Waals surface area contributed by atoms with Crippen LogP contribution >= 0.6 is 11.6 Å². The molecule has 1 heterocycles. The Hall–Kier alpha value is -1.29. The van der Waals surface area contributed by atoms with Crippen LogP contribution in [-0.2, 0) is 6.54 Å². The zero-order chi connectivity index (χ0) is 13.1. The number of allylic oxidation sites excluding steroid dienone is 1. The second-order valence-corrected chi connectivity index (χ2v) is 5.37. The quantitative estimate of drug-likeness (QED) is 0.835. The van der Waals surface area contributed by atoms with Gasteiger partial charge in [-0.05, 0) is 32.6 Å². The van der Waals surface area contributed by atoms with Crippen molar-refractivity contribution in [2.24, 2.45) is 5.92 Å². The van der Waals surface area contributed by atoms with Crippen LogP contribution in [0.2, 0.25) is 5.02 Å². The fourth-order valence-electron chi connectivity index (χ4n) is 1.66. The van der Waals surface area contributed by atoms with Crippen LogP contribution in [0.15, 0.2) is 22.6 Å². The Morgan fingerprint density at radius 1 is 1.61 bits per heavy atom. The lowest BCUT2D eigenvalue weighted by atomic mass is 10.3. The van der Waals surface area contributed by atoms with Gasteiger partial charge in [-0.25, -0.2) is 4.68 Å². The summed E-state index contributed by atoms with van der Waals surface area (Å²) in [5.41, 5.74) is 1.52. The highest BCUT2D eigenvalue weighted by molar-refractivity contribution is 6.32. The molecular formula is C13H18ClN3O. The number of aromatic nitrogens is 2. The van der Waals surface area contributed by atoms with Crippen molar-refractivity contribution < 1.29 is 0 Å². The maximum atomic E-state index is 12.2. The van der Waals surface area contributed by atoms with Gasteiger partial charge in [-0.15, -0.1) is 0 Å². The molecule has 0 aromatic carbocycles. The topological polar surface area (TPSA) is 46.9 Å². The largest absolute Gasteiger partial charge is 0.376 e. The Kier molecular flexibility index (Phi) is 4.07. The lowest BCUT2D eigenvalue weighted by Gasteiger charge is -2.09. The molecule has 1 N–H and O–H groups in total. The molecule has 1 saturated carbocycles. The van der Waals surface area contributed by atoms with Gasteiger partial charge in [0.05, 0.1) is 11.2 Å². The van der Waals surface area contributed by atoms with E-state index in [-0.39, 0.29) is 5.56 Å². The third-order valence-electron chi connectivity index (χ3n) is 2.91. The SMILES string of the molecule is CC(C)=CCNc1c(Cl)cnn(CC2CC2)c1=O. The predicted octanol–water partition coefficient (Wildman–Crippen LogP) is 2.68. The second kappa shape index (κ2) is 5.57. The zero-order valence-corrected chi connectivity index (χ0v) is 11.5. The number of nitrogens with zero attached hydrogens (tertiary/aromatic N) is 2. The van der Waals surface area contributed by atoms with Gasteiger partial charge in [0.25, 0.3) is 5.56 Å². The molecule has 0 radical (unpaired) electrons. The van der Waals surface area contributed by atoms with Crippen molar-refractivity contribution in [1.29, 1.82) is 0 Å². The molecule has 0 aliphatic heterocycles. The Labute approximate surface area is 112 Å². The Morgan fingerprint density at radius 3 is 2.94 bits per heavy atom. The molecule has 4 nitrogen and oxygen atoms in total. The molecule has 98 valence electrons. The minimum absolute atomic E-state index is 0.128. The van der Waals surface area contributed by atoms with Crippen molar-refractivity contribution in [3.63, 3.8) is 0 Å². The van der Waals surface area contributed by atoms with Gasteiger partial charge in [-0.1, -0.05) is 23.3 Å². The first kappa shape index (κ1) is 13.1. The van der Waals surface area contributed by atoms with E-state index >= 15 is 0 Å². The maximum absolute atomic E-state index is 12.2. The van der Waals surface area contributed by atoms with Crippen LogP contribution in [-0.4, -0.2) is 16.3 Å². The maximum Gasteiger partial charge on any atom is 0.291 e. The van der Waals surface area contributed by atoms with Crippen molar-refractivity contribution in [2.45, 2.75) is 33.2 Å². The van der Waals surface area contributed by atoms with Crippen molar-refractivity contribution in [3.05, 3.63) is 33.2 Å². The molecule has 1 aromatic rings. The van der Waals surface area contributed by atoms with Crippen molar-refractivity contribution in [2.75, 3.05) is 11.9 Å². The number of hydrogen-bond acceptors (Lipinski definition) is 3. The zero-order valence-electron chi connectivity index (χ0n) is 10.7. The second-order valence-electron chi connectivity index (χ2n) is 4.96. The van der Waals surface area contributed by atoms with E-state index in [0.717, 1.165) is 0 Å². The van der Waals surface area contributed by atoms with Gasteiger partial charge in [0.1, 0.15) is 5.69 Å². The molecule has 0 unspecified atom stereocenters. The molecule has 18 heavy (non-hydrogen) atoms. The highest BCUT2D eigenvalue weighted by Gasteiger charge is 2.23. The Morgan fingerprint density at radius 2 is 2.33 bits per heavy atom. The molecule has 0 amide bonds. The first-order chi connectivity index (χ1) is 8.58. The molecule has 1 aliphatic carbocycles. The van der Waals surface area contributed by atoms with E-state index in [1.165, 1.54) is 29.3 Å². The number of hydrogen-bond donors (Lipinski definition) is 1. The van der Waals surface area contributed by atoms with E-state index in [4.69, 9.17) is 11.6 Å². The van der Waals surface area contributed by atoms with Gasteiger partial charge < -0.3 is 5.32 Å². The van der Waals surface area contributed by atoms with E-state index in [1.54, 1.807) is 0 Å². The minimum atomic E-state index is -0.128. The fraction of sp³-hybridized carbons (Fsp3) is 0.538. The average molecular weight is 268 g/mol. The summed E-state index contributed by atoms with van der Waals surface area (Å²) < 4.78 is 1.51. The lowest BCUT2D eigenvalue weighted by Crippen LogP contribution is -2.26. The molecule has 0 spiro atoms. The lowest BCUT2D eigenvalue weighted by molar-refractivity contribution is 0.534. The molecule has 0 bridgehead atoms. The van der Waals surface area contributed by atoms with Gasteiger partial charge in [0, 0.05) is 13.1 Å². The number of rotatable bonds is 5. The third-order valence-corrected chi connectivity index (χ3v) is 3.20. The van der Waals surface area contributed by atoms with Crippen molar-refractivity contribution in [3.8, 4) is 0 Å². The minimum Gasteiger partial charge on any atom is -0.376 e. The van der Waals surface area contributed by atoms with Gasteiger partial charge in [-0.2, -0.15) is 5.10 Å². The van der Waals surface area contributed by atoms with Crippen LogP contribution in [0.3, 0.4) is 0 Å². The molecular weight excluding hydrogens is 250 g/mol. The molecule has 2 rings (SSSR count). The highest BCUT2D eigenvalue weighted by Crippen LogP contribution is 2.30. The first-order valence-corrected chi connectivity index (χ1v) is 6.58. The number of nitrogens with one attached hydrogen (secondary N) is 1. The Bertz CT molecular complexity index is 513. The van der Waals surface area contributed by atoms with Crippen LogP contribution in [0.4, 0.5) is 5.69 Å². The number of anilines is 1. The molecule has 1 fully saturated rings. The molecule has 0 saturated heterocycles. The van der Waals surface area contributed by atoms with Gasteiger partial charge in [0.2, 0.25) is 0 Å². The summed E-state index contributed by atoms with van der Waals surface area (Å²) in [5.74, 6) is 0.613. The van der Waals surface area contributed by atoms with Gasteiger partial charge in [0.15, 0.2) is 0 Å². The van der Waals surface area contributed by atoms with Crippen LogP contribution < -0.4 is 10.9 Å². The van der Waals surface area contributed by atoms with Crippen LogP contribution in [0.25, 0.3) is 0 Å². The van der Waals surface area contributed by atoms with E-state index in [0.29, 0.717) is 29.7 Å². The van der Waals surface area contributed by atoms with E-state index < -0.39 is 0 Å². The highest BCUT2D eigenvalue weighted by atomic mass is 35.5. The normalized spacial score (nSPS) is 14.4. The summed E-state index contributed by atoms with van der Waals surface area (Å²) in [4.78, 5) is 12.2. The van der Waals surface area contributed by atoms with E-state index in [1.807, 2.05) is 19.9 Å². The summed E-state index contributed by atoms with van der Waals surface area (Å²) >= 11 is 6.01. The predicted molar refractivity (Wildman–Crippen MR) is 74.2 cm³/mol. The molecule has 1 aromatic heterocycles. The average Bonchev–Trinajstić information content (AvgIpc) is 3.10. The van der Waals surface area contributed by atoms with Crippen molar-refractivity contribution >= 4 is 17.3 Å². The van der Waals surface area contributed by atoms with E-state index in [9.17, 15) is 4.79 Å². The fourth-order valence-corrected chi connectivity index (χ4v) is 1.85. The molecule has 5 heteroatoms. The van der Waals surface area contributed by atoms with Gasteiger partial charge >= 0.3 is 0 Å². The van der Waals surface area contributed by atoms with Gasteiger partial charge in [-0.3, -0.25) is 4.79 Å². The smallest absolute Gasteiger partial charge is 0.291 e. The summed E-state index contributed by atoms with van der Waals surface area (Å²) in [5, 5.41) is 7.53. The van der Waals surface area contributed by atoms with Crippen molar-refractivity contribution in [1.82, 2.24) is 9.78 Å². The number of halogens is 1. The van der Waals surface area contributed by atoms with Crippen LogP contribution in [0.5, 0.6) is 0 Å². The molecule has 0 atom stereocenters. The van der Waals surface area contributed by atoms with Crippen LogP contribution in [0, 0.1) is 5.92 Å². The summed E-state index contributed by atoms with van der Waals surface area (Å²) in [6, 6.07) is 0.